The van der Waals surface area contributed by atoms with Crippen LogP contribution in [0.15, 0.2) is 30.9 Å². The number of hydrogen-bond donors (Lipinski definition) is 1. The van der Waals surface area contributed by atoms with Gasteiger partial charge in [0.1, 0.15) is 6.61 Å². The van der Waals surface area contributed by atoms with Gasteiger partial charge in [0.25, 0.3) is 5.91 Å². The minimum Gasteiger partial charge on any atom is -0.493 e. The SMILES string of the molecule is C=CCOc1ccc(C(=O)NC2CCCN(CCOC)C2)cc1OC. The van der Waals surface area contributed by atoms with E-state index in [1.165, 1.54) is 0 Å². The molecule has 138 valence electrons. The summed E-state index contributed by atoms with van der Waals surface area (Å²) in [5.41, 5.74) is 0.566. The van der Waals surface area contributed by atoms with E-state index in [-0.39, 0.29) is 11.9 Å². The number of nitrogens with one attached hydrogen (secondary N) is 1. The maximum Gasteiger partial charge on any atom is 0.251 e. The molecule has 25 heavy (non-hydrogen) atoms. The van der Waals surface area contributed by atoms with Gasteiger partial charge in [-0.05, 0) is 37.6 Å². The van der Waals surface area contributed by atoms with Crippen LogP contribution in [-0.2, 0) is 4.74 Å². The number of rotatable bonds is 9. The second-order valence-corrected chi connectivity index (χ2v) is 6.07. The Morgan fingerprint density at radius 1 is 1.40 bits per heavy atom. The molecular formula is C19H28N2O4. The van der Waals surface area contributed by atoms with Crippen LogP contribution in [0.25, 0.3) is 0 Å². The lowest BCUT2D eigenvalue weighted by Gasteiger charge is -2.32. The second-order valence-electron chi connectivity index (χ2n) is 6.07. The summed E-state index contributed by atoms with van der Waals surface area (Å²) >= 11 is 0. The standard InChI is InChI=1S/C19H28N2O4/c1-4-11-25-17-8-7-15(13-18(17)24-3)19(22)20-16-6-5-9-21(14-16)10-12-23-2/h4,7-8,13,16H,1,5-6,9-12,14H2,2-3H3,(H,20,22). The first-order chi connectivity index (χ1) is 12.2. The van der Waals surface area contributed by atoms with Crippen LogP contribution in [0.3, 0.4) is 0 Å². The van der Waals surface area contributed by atoms with Gasteiger partial charge in [-0.15, -0.1) is 0 Å². The zero-order chi connectivity index (χ0) is 18.1. The van der Waals surface area contributed by atoms with E-state index in [1.807, 2.05) is 0 Å². The number of benzene rings is 1. The topological polar surface area (TPSA) is 60.0 Å². The molecule has 0 aromatic heterocycles. The minimum absolute atomic E-state index is 0.0906. The number of carbonyl (C=O) groups is 1. The van der Waals surface area contributed by atoms with Crippen molar-refractivity contribution in [2.45, 2.75) is 18.9 Å². The van der Waals surface area contributed by atoms with E-state index in [2.05, 4.69) is 16.8 Å². The molecule has 1 fully saturated rings. The van der Waals surface area contributed by atoms with E-state index in [0.29, 0.717) is 30.3 Å². The Hall–Kier alpha value is -2.05. The molecule has 1 aromatic rings. The number of ether oxygens (including phenoxy) is 3. The van der Waals surface area contributed by atoms with E-state index in [9.17, 15) is 4.79 Å². The Labute approximate surface area is 149 Å². The molecule has 1 aromatic carbocycles. The van der Waals surface area contributed by atoms with E-state index in [4.69, 9.17) is 14.2 Å². The number of hydrogen-bond acceptors (Lipinski definition) is 5. The van der Waals surface area contributed by atoms with E-state index in [0.717, 1.165) is 32.5 Å². The number of nitrogens with zero attached hydrogens (tertiary/aromatic N) is 1. The number of piperidine rings is 1. The van der Waals surface area contributed by atoms with Crippen LogP contribution in [0.4, 0.5) is 0 Å². The number of likely N-dealkylation sites (tertiary alicyclic amines) is 1. The van der Waals surface area contributed by atoms with Gasteiger partial charge in [0, 0.05) is 31.8 Å². The molecule has 1 unspecified atom stereocenters. The van der Waals surface area contributed by atoms with Crippen LogP contribution in [0.5, 0.6) is 11.5 Å². The van der Waals surface area contributed by atoms with Gasteiger partial charge < -0.3 is 19.5 Å². The first-order valence-corrected chi connectivity index (χ1v) is 8.61. The zero-order valence-electron chi connectivity index (χ0n) is 15.1. The molecule has 0 bridgehead atoms. The quantitative estimate of drug-likeness (QED) is 0.693. The fourth-order valence-electron chi connectivity index (χ4n) is 2.94. The average Bonchev–Trinajstić information content (AvgIpc) is 2.64. The number of amides is 1. The molecule has 0 aliphatic carbocycles. The zero-order valence-corrected chi connectivity index (χ0v) is 15.1. The molecule has 6 heteroatoms. The lowest BCUT2D eigenvalue weighted by molar-refractivity contribution is 0.0878. The maximum atomic E-state index is 12.6. The van der Waals surface area contributed by atoms with Crippen molar-refractivity contribution in [2.75, 3.05) is 47.1 Å². The van der Waals surface area contributed by atoms with Crippen molar-refractivity contribution in [1.82, 2.24) is 10.2 Å². The van der Waals surface area contributed by atoms with Gasteiger partial charge in [-0.2, -0.15) is 0 Å². The Bertz CT molecular complexity index is 577. The third-order valence-electron chi connectivity index (χ3n) is 4.23. The molecule has 0 spiro atoms. The Morgan fingerprint density at radius 3 is 2.96 bits per heavy atom. The van der Waals surface area contributed by atoms with Crippen LogP contribution in [0.1, 0.15) is 23.2 Å². The highest BCUT2D eigenvalue weighted by molar-refractivity contribution is 5.95. The normalized spacial score (nSPS) is 17.8. The molecule has 1 heterocycles. The lowest BCUT2D eigenvalue weighted by atomic mass is 10.0. The van der Waals surface area contributed by atoms with Crippen molar-refractivity contribution in [2.24, 2.45) is 0 Å². The molecule has 1 saturated heterocycles. The second kappa shape index (κ2) is 10.1. The molecule has 1 aliphatic rings. The molecular weight excluding hydrogens is 320 g/mol. The summed E-state index contributed by atoms with van der Waals surface area (Å²) in [7, 11) is 3.27. The van der Waals surface area contributed by atoms with Gasteiger partial charge >= 0.3 is 0 Å². The summed E-state index contributed by atoms with van der Waals surface area (Å²) in [6, 6.07) is 5.37. The molecule has 1 atom stereocenters. The van der Waals surface area contributed by atoms with Gasteiger partial charge in [-0.3, -0.25) is 9.69 Å². The van der Waals surface area contributed by atoms with Crippen LogP contribution in [0, 0.1) is 0 Å². The van der Waals surface area contributed by atoms with Crippen LogP contribution >= 0.6 is 0 Å². The third-order valence-corrected chi connectivity index (χ3v) is 4.23. The highest BCUT2D eigenvalue weighted by atomic mass is 16.5. The Kier molecular flexibility index (Phi) is 7.76. The van der Waals surface area contributed by atoms with Crippen LogP contribution in [-0.4, -0.2) is 63.9 Å². The van der Waals surface area contributed by atoms with E-state index < -0.39 is 0 Å². The Morgan fingerprint density at radius 2 is 2.24 bits per heavy atom. The fraction of sp³-hybridized carbons (Fsp3) is 0.526. The lowest BCUT2D eigenvalue weighted by Crippen LogP contribution is -2.48. The molecule has 1 aliphatic heterocycles. The summed E-state index contributed by atoms with van der Waals surface area (Å²) in [6.07, 6.45) is 3.73. The average molecular weight is 348 g/mol. The molecule has 6 nitrogen and oxygen atoms in total. The summed E-state index contributed by atoms with van der Waals surface area (Å²) in [5, 5.41) is 3.12. The van der Waals surface area contributed by atoms with Gasteiger partial charge in [0.05, 0.1) is 13.7 Å². The van der Waals surface area contributed by atoms with E-state index in [1.54, 1.807) is 38.5 Å². The number of carbonyl (C=O) groups excluding carboxylic acids is 1. The predicted octanol–water partition coefficient (Wildman–Crippen LogP) is 2.10. The predicted molar refractivity (Wildman–Crippen MR) is 97.5 cm³/mol. The molecule has 0 radical (unpaired) electrons. The highest BCUT2D eigenvalue weighted by Crippen LogP contribution is 2.28. The van der Waals surface area contributed by atoms with Crippen molar-refractivity contribution >= 4 is 5.91 Å². The molecule has 2 rings (SSSR count). The van der Waals surface area contributed by atoms with Crippen molar-refractivity contribution < 1.29 is 19.0 Å². The van der Waals surface area contributed by atoms with Gasteiger partial charge in [-0.1, -0.05) is 12.7 Å². The molecule has 1 amide bonds. The Balaban J connectivity index is 1.96. The van der Waals surface area contributed by atoms with Gasteiger partial charge in [0.2, 0.25) is 0 Å². The maximum absolute atomic E-state index is 12.6. The number of methoxy groups -OCH3 is 2. The fourth-order valence-corrected chi connectivity index (χ4v) is 2.94. The summed E-state index contributed by atoms with van der Waals surface area (Å²) in [4.78, 5) is 14.9. The van der Waals surface area contributed by atoms with Gasteiger partial charge in [0.15, 0.2) is 11.5 Å². The summed E-state index contributed by atoms with van der Waals surface area (Å²) < 4.78 is 16.0. The first kappa shape index (κ1) is 19.3. The minimum atomic E-state index is -0.0906. The third kappa shape index (κ3) is 5.76. The first-order valence-electron chi connectivity index (χ1n) is 8.61. The largest absolute Gasteiger partial charge is 0.493 e. The molecule has 0 saturated carbocycles. The van der Waals surface area contributed by atoms with Crippen LogP contribution in [0.2, 0.25) is 0 Å². The smallest absolute Gasteiger partial charge is 0.251 e. The monoisotopic (exact) mass is 348 g/mol. The van der Waals surface area contributed by atoms with Crippen molar-refractivity contribution in [3.8, 4) is 11.5 Å². The van der Waals surface area contributed by atoms with Crippen molar-refractivity contribution in [3.05, 3.63) is 36.4 Å². The highest BCUT2D eigenvalue weighted by Gasteiger charge is 2.22. The van der Waals surface area contributed by atoms with Crippen LogP contribution < -0.4 is 14.8 Å². The van der Waals surface area contributed by atoms with Crippen molar-refractivity contribution in [1.29, 1.82) is 0 Å². The molecule has 1 N–H and O–H groups in total. The van der Waals surface area contributed by atoms with Gasteiger partial charge in [-0.25, -0.2) is 0 Å². The summed E-state index contributed by atoms with van der Waals surface area (Å²) in [5.74, 6) is 1.05. The van der Waals surface area contributed by atoms with Crippen molar-refractivity contribution in [3.63, 3.8) is 0 Å². The van der Waals surface area contributed by atoms with E-state index >= 15 is 0 Å². The summed E-state index contributed by atoms with van der Waals surface area (Å²) in [6.45, 7) is 7.53.